The lowest BCUT2D eigenvalue weighted by Crippen LogP contribution is -2.39. The third-order valence-corrected chi connectivity index (χ3v) is 3.55. The van der Waals surface area contributed by atoms with Crippen LogP contribution < -0.4 is 11.1 Å². The van der Waals surface area contributed by atoms with E-state index in [-0.39, 0.29) is 12.5 Å². The fraction of sp³-hybridized carbons (Fsp3) is 0.167. The number of nitrogens with one attached hydrogen (secondary N) is 1. The molecule has 0 spiro atoms. The maximum absolute atomic E-state index is 11.8. The molecule has 6 heteroatoms. The average molecular weight is 264 g/mol. The summed E-state index contributed by atoms with van der Waals surface area (Å²) in [6.45, 7) is -0.178. The summed E-state index contributed by atoms with van der Waals surface area (Å²) >= 11 is 1.36. The Morgan fingerprint density at radius 3 is 2.78 bits per heavy atom. The van der Waals surface area contributed by atoms with Crippen molar-refractivity contribution < 1.29 is 14.7 Å². The molecule has 1 aromatic carbocycles. The predicted octanol–water partition coefficient (Wildman–Crippen LogP) is 0.477. The number of aliphatic hydroxyl groups is 1. The van der Waals surface area contributed by atoms with Crippen LogP contribution >= 0.6 is 11.3 Å². The molecule has 1 unspecified atom stereocenters. The van der Waals surface area contributed by atoms with Crippen molar-refractivity contribution in [2.75, 3.05) is 6.54 Å². The Labute approximate surface area is 107 Å². The predicted molar refractivity (Wildman–Crippen MR) is 69.4 cm³/mol. The maximum atomic E-state index is 11.8. The highest BCUT2D eigenvalue weighted by molar-refractivity contribution is 7.20. The first-order chi connectivity index (χ1) is 8.58. The van der Waals surface area contributed by atoms with Gasteiger partial charge in [-0.2, -0.15) is 0 Å². The minimum absolute atomic E-state index is 0.178. The van der Waals surface area contributed by atoms with Crippen LogP contribution in [-0.2, 0) is 4.79 Å². The van der Waals surface area contributed by atoms with Gasteiger partial charge in [0.25, 0.3) is 5.91 Å². The molecule has 0 radical (unpaired) electrons. The molecule has 0 bridgehead atoms. The SMILES string of the molecule is NC(=O)C(O)CNC(=O)c1cc2ccccc2s1. The van der Waals surface area contributed by atoms with E-state index in [2.05, 4.69) is 5.32 Å². The molecule has 4 N–H and O–H groups in total. The van der Waals surface area contributed by atoms with Crippen LogP contribution in [0, 0.1) is 0 Å². The molecule has 2 amide bonds. The van der Waals surface area contributed by atoms with Crippen molar-refractivity contribution in [2.45, 2.75) is 6.10 Å². The summed E-state index contributed by atoms with van der Waals surface area (Å²) < 4.78 is 1.01. The number of thiophene rings is 1. The first-order valence-electron chi connectivity index (χ1n) is 5.32. The molecule has 0 aliphatic carbocycles. The topological polar surface area (TPSA) is 92.4 Å². The van der Waals surface area contributed by atoms with E-state index in [1.807, 2.05) is 24.3 Å². The Bertz CT molecular complexity index is 561. The highest BCUT2D eigenvalue weighted by atomic mass is 32.1. The second-order valence-corrected chi connectivity index (χ2v) is 4.86. The van der Waals surface area contributed by atoms with Gasteiger partial charge >= 0.3 is 0 Å². The van der Waals surface area contributed by atoms with Crippen molar-refractivity contribution in [1.29, 1.82) is 0 Å². The highest BCUT2D eigenvalue weighted by Gasteiger charge is 2.14. The number of benzene rings is 1. The number of amides is 2. The van der Waals surface area contributed by atoms with Crippen LogP contribution in [0.1, 0.15) is 9.67 Å². The molecule has 2 rings (SSSR count). The van der Waals surface area contributed by atoms with Gasteiger partial charge in [-0.25, -0.2) is 0 Å². The zero-order chi connectivity index (χ0) is 13.1. The standard InChI is InChI=1S/C12H12N2O3S/c13-11(16)8(15)6-14-12(17)10-5-7-3-1-2-4-9(7)18-10/h1-5,8,15H,6H2,(H2,13,16)(H,14,17). The van der Waals surface area contributed by atoms with E-state index in [1.54, 1.807) is 6.07 Å². The van der Waals surface area contributed by atoms with Gasteiger partial charge in [0.05, 0.1) is 11.4 Å². The Balaban J connectivity index is 2.07. The van der Waals surface area contributed by atoms with Gasteiger partial charge in [0.1, 0.15) is 6.10 Å². The summed E-state index contributed by atoms with van der Waals surface area (Å²) in [7, 11) is 0. The first-order valence-corrected chi connectivity index (χ1v) is 6.14. The molecule has 0 aliphatic heterocycles. The van der Waals surface area contributed by atoms with Gasteiger partial charge in [0.15, 0.2) is 0 Å². The van der Waals surface area contributed by atoms with Crippen LogP contribution in [0.4, 0.5) is 0 Å². The van der Waals surface area contributed by atoms with Crippen LogP contribution in [0.15, 0.2) is 30.3 Å². The van der Waals surface area contributed by atoms with Crippen molar-refractivity contribution >= 4 is 33.2 Å². The van der Waals surface area contributed by atoms with Crippen molar-refractivity contribution in [3.05, 3.63) is 35.2 Å². The Morgan fingerprint density at radius 2 is 2.11 bits per heavy atom. The molecular weight excluding hydrogens is 252 g/mol. The van der Waals surface area contributed by atoms with Gasteiger partial charge in [-0.15, -0.1) is 11.3 Å². The molecule has 0 fully saturated rings. The van der Waals surface area contributed by atoms with Crippen molar-refractivity contribution in [3.8, 4) is 0 Å². The Hall–Kier alpha value is -1.92. The molecule has 1 atom stereocenters. The normalized spacial score (nSPS) is 12.3. The first kappa shape index (κ1) is 12.5. The van der Waals surface area contributed by atoms with E-state index in [0.717, 1.165) is 10.1 Å². The van der Waals surface area contributed by atoms with E-state index in [4.69, 9.17) is 5.73 Å². The molecular formula is C12H12N2O3S. The Kier molecular flexibility index (Phi) is 3.59. The number of carbonyl (C=O) groups is 2. The monoisotopic (exact) mass is 264 g/mol. The fourth-order valence-corrected chi connectivity index (χ4v) is 2.45. The number of carbonyl (C=O) groups excluding carboxylic acids is 2. The number of primary amides is 1. The van der Waals surface area contributed by atoms with Gasteiger partial charge in [-0.3, -0.25) is 9.59 Å². The lowest BCUT2D eigenvalue weighted by Gasteiger charge is -2.06. The fourth-order valence-electron chi connectivity index (χ4n) is 1.47. The van der Waals surface area contributed by atoms with E-state index < -0.39 is 12.0 Å². The van der Waals surface area contributed by atoms with Crippen LogP contribution in [0.2, 0.25) is 0 Å². The zero-order valence-electron chi connectivity index (χ0n) is 9.42. The molecule has 94 valence electrons. The van der Waals surface area contributed by atoms with Gasteiger partial charge in [0.2, 0.25) is 5.91 Å². The van der Waals surface area contributed by atoms with Crippen molar-refractivity contribution in [2.24, 2.45) is 5.73 Å². The average Bonchev–Trinajstić information content (AvgIpc) is 2.79. The summed E-state index contributed by atoms with van der Waals surface area (Å²) in [4.78, 5) is 22.9. The molecule has 0 saturated carbocycles. The van der Waals surface area contributed by atoms with E-state index >= 15 is 0 Å². The molecule has 0 saturated heterocycles. The molecule has 2 aromatic rings. The van der Waals surface area contributed by atoms with Crippen molar-refractivity contribution in [3.63, 3.8) is 0 Å². The summed E-state index contributed by atoms with van der Waals surface area (Å²) in [5.41, 5.74) is 4.88. The van der Waals surface area contributed by atoms with Crippen LogP contribution in [-0.4, -0.2) is 29.6 Å². The summed E-state index contributed by atoms with van der Waals surface area (Å²) in [5, 5.41) is 12.6. The Morgan fingerprint density at radius 1 is 1.39 bits per heavy atom. The largest absolute Gasteiger partial charge is 0.381 e. The molecule has 0 aliphatic rings. The third kappa shape index (κ3) is 2.66. The molecule has 18 heavy (non-hydrogen) atoms. The third-order valence-electron chi connectivity index (χ3n) is 2.43. The quantitative estimate of drug-likeness (QED) is 0.749. The number of rotatable bonds is 4. The van der Waals surface area contributed by atoms with Gasteiger partial charge < -0.3 is 16.2 Å². The molecule has 1 heterocycles. The summed E-state index contributed by atoms with van der Waals surface area (Å²) in [6.07, 6.45) is -1.36. The van der Waals surface area contributed by atoms with Gasteiger partial charge in [0, 0.05) is 4.70 Å². The van der Waals surface area contributed by atoms with E-state index in [9.17, 15) is 14.7 Å². The minimum atomic E-state index is -1.36. The highest BCUT2D eigenvalue weighted by Crippen LogP contribution is 2.24. The number of hydrogen-bond acceptors (Lipinski definition) is 4. The number of fused-ring (bicyclic) bond motifs is 1. The molecule has 5 nitrogen and oxygen atoms in total. The summed E-state index contributed by atoms with van der Waals surface area (Å²) in [5.74, 6) is -1.18. The maximum Gasteiger partial charge on any atom is 0.261 e. The van der Waals surface area contributed by atoms with Gasteiger partial charge in [-0.05, 0) is 17.5 Å². The molecule has 1 aromatic heterocycles. The van der Waals surface area contributed by atoms with Crippen LogP contribution in [0.5, 0.6) is 0 Å². The lowest BCUT2D eigenvalue weighted by atomic mass is 10.2. The lowest BCUT2D eigenvalue weighted by molar-refractivity contribution is -0.125. The zero-order valence-corrected chi connectivity index (χ0v) is 10.2. The smallest absolute Gasteiger partial charge is 0.261 e. The number of nitrogens with two attached hydrogens (primary N) is 1. The summed E-state index contributed by atoms with van der Waals surface area (Å²) in [6, 6.07) is 9.41. The number of aliphatic hydroxyl groups excluding tert-OH is 1. The van der Waals surface area contributed by atoms with Crippen molar-refractivity contribution in [1.82, 2.24) is 5.32 Å². The van der Waals surface area contributed by atoms with Crippen LogP contribution in [0.25, 0.3) is 10.1 Å². The minimum Gasteiger partial charge on any atom is -0.381 e. The van der Waals surface area contributed by atoms with E-state index in [1.165, 1.54) is 11.3 Å². The van der Waals surface area contributed by atoms with Gasteiger partial charge in [-0.1, -0.05) is 18.2 Å². The second kappa shape index (κ2) is 5.16. The number of hydrogen-bond donors (Lipinski definition) is 3. The second-order valence-electron chi connectivity index (χ2n) is 3.78. The van der Waals surface area contributed by atoms with E-state index in [0.29, 0.717) is 4.88 Å². The van der Waals surface area contributed by atoms with Crippen LogP contribution in [0.3, 0.4) is 0 Å².